The highest BCUT2D eigenvalue weighted by atomic mass is 16.3. The first-order valence-electron chi connectivity index (χ1n) is 17.6. The molecule has 3 N–H and O–H groups in total. The zero-order valence-electron chi connectivity index (χ0n) is 31.3. The number of aromatic hydroxyl groups is 2. The van der Waals surface area contributed by atoms with Gasteiger partial charge in [0.1, 0.15) is 16.7 Å². The first-order chi connectivity index (χ1) is 22.8. The Hall–Kier alpha value is -3.93. The number of hydrogen-bond donors (Lipinski definition) is 3. The molecule has 6 heteroatoms. The second-order valence-electron chi connectivity index (χ2n) is 15.7. The molecule has 2 fully saturated rings. The van der Waals surface area contributed by atoms with Crippen molar-refractivity contribution in [3.8, 4) is 11.5 Å². The molecule has 2 bridgehead atoms. The van der Waals surface area contributed by atoms with Gasteiger partial charge in [-0.15, -0.1) is 6.58 Å². The summed E-state index contributed by atoms with van der Waals surface area (Å²) in [6, 6.07) is 3.67. The number of rotatable bonds is 14. The van der Waals surface area contributed by atoms with Crippen molar-refractivity contribution in [1.82, 2.24) is 0 Å². The van der Waals surface area contributed by atoms with E-state index in [1.807, 2.05) is 53.7 Å². The predicted octanol–water partition coefficient (Wildman–Crippen LogP) is 10.6. The Labute approximate surface area is 294 Å². The van der Waals surface area contributed by atoms with E-state index in [0.29, 0.717) is 6.42 Å². The molecule has 2 aliphatic rings. The van der Waals surface area contributed by atoms with Gasteiger partial charge in [-0.1, -0.05) is 66.0 Å². The van der Waals surface area contributed by atoms with E-state index < -0.39 is 50.6 Å². The summed E-state index contributed by atoms with van der Waals surface area (Å²) < 4.78 is 0. The Kier molecular flexibility index (Phi) is 12.7. The number of phenolic OH excluding ortho intramolecular Hbond substituents is 2. The van der Waals surface area contributed by atoms with Crippen LogP contribution in [-0.2, 0) is 14.4 Å². The lowest BCUT2D eigenvalue weighted by molar-refractivity contribution is -0.176. The number of aliphatic hydroxyl groups is 1. The summed E-state index contributed by atoms with van der Waals surface area (Å²) in [5.41, 5.74) is 1.13. The van der Waals surface area contributed by atoms with Gasteiger partial charge in [0.2, 0.25) is 0 Å². The highest BCUT2D eigenvalue weighted by Crippen LogP contribution is 2.65. The number of phenols is 2. The summed E-state index contributed by atoms with van der Waals surface area (Å²) in [4.78, 5) is 45.1. The molecule has 0 saturated heterocycles. The monoisotopic (exact) mass is 670 g/mol. The Morgan fingerprint density at radius 1 is 0.816 bits per heavy atom. The highest BCUT2D eigenvalue weighted by Gasteiger charge is 2.73. The molecular formula is C43H58O6. The van der Waals surface area contributed by atoms with E-state index in [9.17, 15) is 20.1 Å². The molecular weight excluding hydrogens is 612 g/mol. The molecule has 2 saturated carbocycles. The lowest BCUT2D eigenvalue weighted by atomic mass is 9.38. The van der Waals surface area contributed by atoms with Gasteiger partial charge in [0, 0.05) is 5.56 Å². The molecule has 0 amide bonds. The molecule has 3 unspecified atom stereocenters. The van der Waals surface area contributed by atoms with Gasteiger partial charge in [0.15, 0.2) is 28.8 Å². The van der Waals surface area contributed by atoms with Crippen LogP contribution in [0.25, 0.3) is 5.76 Å². The second-order valence-corrected chi connectivity index (χ2v) is 15.7. The Balaban J connectivity index is 2.31. The van der Waals surface area contributed by atoms with E-state index >= 15 is 9.59 Å². The molecule has 0 aliphatic heterocycles. The SMILES string of the molecule is C=C(C)CCCC(C)=CCC12C(=O)C(=C(O)c3ccc(O)c(O)c3)C(=O)C(CC=C(C)C)(CC(CC=C(C)CCC=C(C)C)C1(C)C)C2=O. The van der Waals surface area contributed by atoms with Crippen molar-refractivity contribution in [2.45, 2.75) is 120 Å². The highest BCUT2D eigenvalue weighted by molar-refractivity contribution is 6.41. The fraction of sp³-hybridized carbons (Fsp3) is 0.512. The molecule has 266 valence electrons. The van der Waals surface area contributed by atoms with Gasteiger partial charge in [-0.05, 0) is 136 Å². The average Bonchev–Trinajstić information content (AvgIpc) is 3.00. The van der Waals surface area contributed by atoms with Gasteiger partial charge in [-0.25, -0.2) is 0 Å². The number of fused-ring (bicyclic) bond motifs is 2. The van der Waals surface area contributed by atoms with Gasteiger partial charge >= 0.3 is 0 Å². The zero-order chi connectivity index (χ0) is 36.9. The summed E-state index contributed by atoms with van der Waals surface area (Å²) in [6.45, 7) is 22.1. The Morgan fingerprint density at radius 2 is 1.45 bits per heavy atom. The molecule has 49 heavy (non-hydrogen) atoms. The van der Waals surface area contributed by atoms with Gasteiger partial charge in [0.25, 0.3) is 0 Å². The second kappa shape index (κ2) is 15.7. The summed E-state index contributed by atoms with van der Waals surface area (Å²) in [6.07, 6.45) is 13.8. The third-order valence-corrected chi connectivity index (χ3v) is 10.9. The van der Waals surface area contributed by atoms with Crippen molar-refractivity contribution < 1.29 is 29.7 Å². The minimum atomic E-state index is -1.62. The number of Topliss-reactive ketones (excluding diaryl/α,β-unsaturated/α-hetero) is 3. The summed E-state index contributed by atoms with van der Waals surface area (Å²) >= 11 is 0. The molecule has 2 aliphatic carbocycles. The van der Waals surface area contributed by atoms with Crippen LogP contribution < -0.4 is 0 Å². The quantitative estimate of drug-likeness (QED) is 0.0453. The van der Waals surface area contributed by atoms with Crippen molar-refractivity contribution in [1.29, 1.82) is 0 Å². The lowest BCUT2D eigenvalue weighted by Gasteiger charge is -2.60. The van der Waals surface area contributed by atoms with Crippen LogP contribution in [0.1, 0.15) is 126 Å². The van der Waals surface area contributed by atoms with Gasteiger partial charge in [-0.2, -0.15) is 0 Å². The normalized spacial score (nSPS) is 24.8. The van der Waals surface area contributed by atoms with Crippen LogP contribution in [0.4, 0.5) is 0 Å². The number of hydrogen-bond acceptors (Lipinski definition) is 6. The number of benzene rings is 1. The van der Waals surface area contributed by atoms with E-state index in [-0.39, 0.29) is 36.5 Å². The maximum absolute atomic E-state index is 15.2. The van der Waals surface area contributed by atoms with Crippen LogP contribution >= 0.6 is 0 Å². The Morgan fingerprint density at radius 3 is 2.04 bits per heavy atom. The number of allylic oxidation sites excluding steroid dienone is 10. The van der Waals surface area contributed by atoms with Crippen LogP contribution in [-0.4, -0.2) is 32.7 Å². The zero-order valence-corrected chi connectivity index (χ0v) is 31.3. The first-order valence-corrected chi connectivity index (χ1v) is 17.6. The van der Waals surface area contributed by atoms with Crippen molar-refractivity contribution in [2.75, 3.05) is 0 Å². The molecule has 1 aromatic rings. The van der Waals surface area contributed by atoms with Crippen LogP contribution in [0.15, 0.2) is 82.5 Å². The summed E-state index contributed by atoms with van der Waals surface area (Å²) in [5, 5.41) is 31.9. The molecule has 3 atom stereocenters. The topological polar surface area (TPSA) is 112 Å². The van der Waals surface area contributed by atoms with Gasteiger partial charge < -0.3 is 15.3 Å². The molecule has 0 aromatic heterocycles. The number of ketones is 3. The number of carbonyl (C=O) groups excluding carboxylic acids is 3. The smallest absolute Gasteiger partial charge is 0.184 e. The van der Waals surface area contributed by atoms with E-state index in [4.69, 9.17) is 0 Å². The van der Waals surface area contributed by atoms with E-state index in [2.05, 4.69) is 39.5 Å². The van der Waals surface area contributed by atoms with Crippen LogP contribution in [0, 0.1) is 22.2 Å². The van der Waals surface area contributed by atoms with E-state index in [1.165, 1.54) is 23.3 Å². The molecule has 3 rings (SSSR count). The largest absolute Gasteiger partial charge is 0.506 e. The maximum Gasteiger partial charge on any atom is 0.184 e. The molecule has 1 aromatic carbocycles. The third kappa shape index (κ3) is 8.11. The fourth-order valence-corrected chi connectivity index (χ4v) is 7.60. The first kappa shape index (κ1) is 39.5. The molecule has 0 spiro atoms. The van der Waals surface area contributed by atoms with Crippen molar-refractivity contribution in [3.05, 3.63) is 88.1 Å². The van der Waals surface area contributed by atoms with Crippen molar-refractivity contribution in [2.24, 2.45) is 22.2 Å². The van der Waals surface area contributed by atoms with E-state index in [0.717, 1.165) is 54.9 Å². The van der Waals surface area contributed by atoms with Crippen LogP contribution in [0.5, 0.6) is 11.5 Å². The molecule has 6 nitrogen and oxygen atoms in total. The minimum absolute atomic E-state index is 0.0164. The standard InChI is InChI=1S/C43H58O6/c1-27(2)13-11-15-30(7)17-19-33-26-42(23-21-29(5)6)38(47)36(37(46)32-18-20-34(44)35(45)25-32)39(48)43(40(42)49,41(33,9)10)24-22-31(8)16-12-14-28(3)4/h13,17-18,20-22,25,33,44-46H,3,11-12,14-16,19,23-24,26H2,1-2,4-10H3. The molecule has 0 radical (unpaired) electrons. The van der Waals surface area contributed by atoms with Crippen LogP contribution in [0.2, 0.25) is 0 Å². The minimum Gasteiger partial charge on any atom is -0.506 e. The fourth-order valence-electron chi connectivity index (χ4n) is 7.60. The van der Waals surface area contributed by atoms with Gasteiger partial charge in [0.05, 0.1) is 5.41 Å². The third-order valence-electron chi connectivity index (χ3n) is 10.9. The lowest BCUT2D eigenvalue weighted by Crippen LogP contribution is -2.69. The van der Waals surface area contributed by atoms with Crippen molar-refractivity contribution in [3.63, 3.8) is 0 Å². The molecule has 0 heterocycles. The van der Waals surface area contributed by atoms with Crippen molar-refractivity contribution >= 4 is 23.1 Å². The Bertz CT molecular complexity index is 1640. The predicted molar refractivity (Wildman–Crippen MR) is 199 cm³/mol. The average molecular weight is 671 g/mol. The van der Waals surface area contributed by atoms with Gasteiger partial charge in [-0.3, -0.25) is 14.4 Å². The maximum atomic E-state index is 15.2. The summed E-state index contributed by atoms with van der Waals surface area (Å²) in [5.74, 6) is -3.37. The number of aliphatic hydroxyl groups excluding tert-OH is 1. The van der Waals surface area contributed by atoms with E-state index in [1.54, 1.807) is 0 Å². The summed E-state index contributed by atoms with van der Waals surface area (Å²) in [7, 11) is 0. The number of carbonyl (C=O) groups is 3. The van der Waals surface area contributed by atoms with Crippen LogP contribution in [0.3, 0.4) is 0 Å².